The largest absolute Gasteiger partial charge is 0.353 e. The van der Waals surface area contributed by atoms with E-state index in [2.05, 4.69) is 15.4 Å². The molecule has 146 valence electrons. The second kappa shape index (κ2) is 7.41. The molecule has 1 saturated heterocycles. The molecule has 0 radical (unpaired) electrons. The third kappa shape index (κ3) is 3.60. The minimum atomic E-state index is -0.447. The zero-order valence-corrected chi connectivity index (χ0v) is 15.6. The van der Waals surface area contributed by atoms with Crippen LogP contribution < -0.4 is 11.0 Å². The summed E-state index contributed by atoms with van der Waals surface area (Å²) in [6, 6.07) is 7.43. The normalized spacial score (nSPS) is 14.4. The van der Waals surface area contributed by atoms with Crippen LogP contribution in [0.4, 0.5) is 16.0 Å². The Morgan fingerprint density at radius 3 is 2.61 bits per heavy atom. The van der Waals surface area contributed by atoms with Crippen LogP contribution in [-0.4, -0.2) is 43.1 Å². The number of likely N-dealkylation sites (tertiary alicyclic amines) is 1. The number of nitrogens with one attached hydrogen (secondary N) is 1. The number of rotatable bonds is 4. The number of carbonyl (C=O) groups excluding carboxylic acids is 1. The van der Waals surface area contributed by atoms with Crippen LogP contribution in [0.25, 0.3) is 5.65 Å². The van der Waals surface area contributed by atoms with Gasteiger partial charge in [-0.15, -0.1) is 5.10 Å². The van der Waals surface area contributed by atoms with E-state index in [1.54, 1.807) is 30.0 Å². The number of piperidine rings is 1. The Labute approximate surface area is 160 Å². The van der Waals surface area contributed by atoms with Gasteiger partial charge in [-0.25, -0.2) is 23.3 Å². The summed E-state index contributed by atoms with van der Waals surface area (Å²) >= 11 is 0. The summed E-state index contributed by atoms with van der Waals surface area (Å²) in [7, 11) is 0. The van der Waals surface area contributed by atoms with Crippen LogP contribution in [0.2, 0.25) is 0 Å². The van der Waals surface area contributed by atoms with Gasteiger partial charge in [-0.2, -0.15) is 0 Å². The molecule has 0 unspecified atom stereocenters. The molecule has 1 aromatic carbocycles. The number of amides is 1. The Morgan fingerprint density at radius 2 is 1.89 bits per heavy atom. The summed E-state index contributed by atoms with van der Waals surface area (Å²) < 4.78 is 15.6. The number of aryl methyl sites for hydroxylation is 1. The van der Waals surface area contributed by atoms with Crippen molar-refractivity contribution in [1.82, 2.24) is 24.1 Å². The number of hydrogen-bond donors (Lipinski definition) is 1. The van der Waals surface area contributed by atoms with Crippen molar-refractivity contribution < 1.29 is 9.18 Å². The van der Waals surface area contributed by atoms with Crippen LogP contribution in [0.3, 0.4) is 0 Å². The second-order valence-electron chi connectivity index (χ2n) is 6.93. The van der Waals surface area contributed by atoms with Crippen molar-refractivity contribution in [2.24, 2.45) is 0 Å². The molecule has 1 fully saturated rings. The SMILES string of the molecule is Cc1cc2nn(CC(=O)N3CCCCC3)c(=O)n2c(Nc2ccc(F)cc2)n1. The third-order valence-electron chi connectivity index (χ3n) is 4.79. The Morgan fingerprint density at radius 1 is 1.18 bits per heavy atom. The highest BCUT2D eigenvalue weighted by Gasteiger charge is 2.20. The third-order valence-corrected chi connectivity index (χ3v) is 4.79. The fourth-order valence-corrected chi connectivity index (χ4v) is 3.37. The number of aromatic nitrogens is 4. The maximum absolute atomic E-state index is 13.1. The topological polar surface area (TPSA) is 84.5 Å². The summed E-state index contributed by atoms with van der Waals surface area (Å²) in [4.78, 5) is 31.5. The minimum absolute atomic E-state index is 0.102. The van der Waals surface area contributed by atoms with E-state index in [-0.39, 0.29) is 24.2 Å². The van der Waals surface area contributed by atoms with Crippen LogP contribution in [0, 0.1) is 12.7 Å². The molecule has 3 heterocycles. The molecular weight excluding hydrogens is 363 g/mol. The van der Waals surface area contributed by atoms with Gasteiger partial charge in [0.15, 0.2) is 5.65 Å². The van der Waals surface area contributed by atoms with Crippen molar-refractivity contribution in [1.29, 1.82) is 0 Å². The van der Waals surface area contributed by atoms with Gasteiger partial charge in [0.1, 0.15) is 12.4 Å². The molecule has 4 rings (SSSR count). The van der Waals surface area contributed by atoms with E-state index >= 15 is 0 Å². The second-order valence-corrected chi connectivity index (χ2v) is 6.93. The Balaban J connectivity index is 1.66. The van der Waals surface area contributed by atoms with Crippen molar-refractivity contribution in [3.8, 4) is 0 Å². The highest BCUT2D eigenvalue weighted by atomic mass is 19.1. The molecule has 0 spiro atoms. The maximum Gasteiger partial charge on any atom is 0.353 e. The summed E-state index contributed by atoms with van der Waals surface area (Å²) in [5, 5.41) is 7.33. The molecule has 1 aliphatic rings. The lowest BCUT2D eigenvalue weighted by Crippen LogP contribution is -2.39. The van der Waals surface area contributed by atoms with Crippen molar-refractivity contribution in [3.63, 3.8) is 0 Å². The first-order valence-corrected chi connectivity index (χ1v) is 9.29. The molecule has 1 amide bonds. The zero-order chi connectivity index (χ0) is 19.7. The molecule has 0 atom stereocenters. The molecular formula is C19H21FN6O2. The summed E-state index contributed by atoms with van der Waals surface area (Å²) in [6.45, 7) is 3.13. The minimum Gasteiger partial charge on any atom is -0.341 e. The van der Waals surface area contributed by atoms with Gasteiger partial charge >= 0.3 is 5.69 Å². The van der Waals surface area contributed by atoms with Crippen LogP contribution in [-0.2, 0) is 11.3 Å². The van der Waals surface area contributed by atoms with Crippen LogP contribution in [0.5, 0.6) is 0 Å². The lowest BCUT2D eigenvalue weighted by molar-refractivity contribution is -0.133. The van der Waals surface area contributed by atoms with E-state index in [4.69, 9.17) is 0 Å². The molecule has 3 aromatic rings. The predicted octanol–water partition coefficient (Wildman–Crippen LogP) is 2.09. The van der Waals surface area contributed by atoms with Crippen molar-refractivity contribution >= 4 is 23.2 Å². The molecule has 0 aliphatic carbocycles. The predicted molar refractivity (Wildman–Crippen MR) is 102 cm³/mol. The molecule has 0 bridgehead atoms. The highest BCUT2D eigenvalue weighted by molar-refractivity contribution is 5.76. The Hall–Kier alpha value is -3.23. The van der Waals surface area contributed by atoms with E-state index in [9.17, 15) is 14.0 Å². The first-order chi connectivity index (χ1) is 13.5. The standard InChI is InChI=1S/C19H21FN6O2/c1-13-11-16-23-25(12-17(27)24-9-3-2-4-10-24)19(28)26(16)18(21-13)22-15-7-5-14(20)6-8-15/h5-8,11H,2-4,9-10,12H2,1H3,(H,21,22). The number of anilines is 2. The number of hydrogen-bond acceptors (Lipinski definition) is 5. The monoisotopic (exact) mass is 384 g/mol. The van der Waals surface area contributed by atoms with Crippen LogP contribution in [0.1, 0.15) is 25.0 Å². The van der Waals surface area contributed by atoms with Gasteiger partial charge in [-0.3, -0.25) is 4.79 Å². The summed E-state index contributed by atoms with van der Waals surface area (Å²) in [5.74, 6) is -0.194. The lowest BCUT2D eigenvalue weighted by atomic mass is 10.1. The van der Waals surface area contributed by atoms with Gasteiger partial charge in [-0.1, -0.05) is 0 Å². The fourth-order valence-electron chi connectivity index (χ4n) is 3.37. The molecule has 1 aliphatic heterocycles. The van der Waals surface area contributed by atoms with Gasteiger partial charge in [-0.05, 0) is 50.5 Å². The van der Waals surface area contributed by atoms with Gasteiger partial charge < -0.3 is 10.2 Å². The van der Waals surface area contributed by atoms with Gasteiger partial charge in [0.25, 0.3) is 0 Å². The van der Waals surface area contributed by atoms with Gasteiger partial charge in [0.05, 0.1) is 0 Å². The van der Waals surface area contributed by atoms with Crippen molar-refractivity contribution in [2.45, 2.75) is 32.7 Å². The van der Waals surface area contributed by atoms with E-state index in [0.717, 1.165) is 32.4 Å². The van der Waals surface area contributed by atoms with Crippen molar-refractivity contribution in [3.05, 3.63) is 52.3 Å². The average molecular weight is 384 g/mol. The maximum atomic E-state index is 13.1. The summed E-state index contributed by atoms with van der Waals surface area (Å²) in [6.07, 6.45) is 3.10. The number of carbonyl (C=O) groups is 1. The molecule has 2 aromatic heterocycles. The molecule has 0 saturated carbocycles. The smallest absolute Gasteiger partial charge is 0.341 e. The Kier molecular flexibility index (Phi) is 4.81. The van der Waals surface area contributed by atoms with E-state index in [1.807, 2.05) is 0 Å². The highest BCUT2D eigenvalue weighted by Crippen LogP contribution is 2.16. The van der Waals surface area contributed by atoms with Crippen LogP contribution in [0.15, 0.2) is 35.1 Å². The zero-order valence-electron chi connectivity index (χ0n) is 15.6. The fraction of sp³-hybridized carbons (Fsp3) is 0.368. The van der Waals surface area contributed by atoms with Crippen molar-refractivity contribution in [2.75, 3.05) is 18.4 Å². The van der Waals surface area contributed by atoms with Gasteiger partial charge in [0, 0.05) is 30.5 Å². The number of fused-ring (bicyclic) bond motifs is 1. The molecule has 8 nitrogen and oxygen atoms in total. The van der Waals surface area contributed by atoms with Crippen LogP contribution >= 0.6 is 0 Å². The molecule has 28 heavy (non-hydrogen) atoms. The van der Waals surface area contributed by atoms with E-state index in [0.29, 0.717) is 17.0 Å². The first kappa shape index (κ1) is 18.1. The molecule has 9 heteroatoms. The van der Waals surface area contributed by atoms with E-state index < -0.39 is 5.69 Å². The van der Waals surface area contributed by atoms with Gasteiger partial charge in [0.2, 0.25) is 11.9 Å². The number of benzene rings is 1. The average Bonchev–Trinajstić information content (AvgIpc) is 2.99. The lowest BCUT2D eigenvalue weighted by Gasteiger charge is -2.26. The Bertz CT molecular complexity index is 1070. The quantitative estimate of drug-likeness (QED) is 0.745. The number of nitrogens with zero attached hydrogens (tertiary/aromatic N) is 5. The summed E-state index contributed by atoms with van der Waals surface area (Å²) in [5.41, 5.74) is 1.20. The number of halogens is 1. The first-order valence-electron chi connectivity index (χ1n) is 9.29. The molecule has 1 N–H and O–H groups in total. The van der Waals surface area contributed by atoms with E-state index in [1.165, 1.54) is 21.2 Å².